The summed E-state index contributed by atoms with van der Waals surface area (Å²) in [7, 11) is 3.61. The molecule has 3 rings (SSSR count). The number of ether oxygens (including phenoxy) is 1. The number of hydrogen-bond acceptors (Lipinski definition) is 5. The lowest BCUT2D eigenvalue weighted by Gasteiger charge is -2.16. The van der Waals surface area contributed by atoms with Crippen LogP contribution in [0, 0.1) is 5.82 Å². The van der Waals surface area contributed by atoms with E-state index in [2.05, 4.69) is 15.0 Å². The van der Waals surface area contributed by atoms with Crippen molar-refractivity contribution in [3.63, 3.8) is 0 Å². The average molecular weight is 380 g/mol. The summed E-state index contributed by atoms with van der Waals surface area (Å²) in [5.41, 5.74) is 4.90. The third-order valence-electron chi connectivity index (χ3n) is 4.66. The summed E-state index contributed by atoms with van der Waals surface area (Å²) in [4.78, 5) is 15.4. The molecule has 0 saturated heterocycles. The Morgan fingerprint density at radius 2 is 1.86 bits per heavy atom. The molecule has 146 valence electrons. The Hall–Kier alpha value is -2.86. The predicted octanol–water partition coefficient (Wildman–Crippen LogP) is 3.91. The SMILES string of the molecule is CCc1cc(F)ccc1-c1cccnc1Cc1cnc(N(C)CCOC)nc1. The van der Waals surface area contributed by atoms with Crippen LogP contribution >= 0.6 is 0 Å². The number of hydrogen-bond donors (Lipinski definition) is 0. The Labute approximate surface area is 165 Å². The molecule has 6 heteroatoms. The second-order valence-corrected chi connectivity index (χ2v) is 6.64. The van der Waals surface area contributed by atoms with Crippen LogP contribution < -0.4 is 4.90 Å². The smallest absolute Gasteiger partial charge is 0.225 e. The Bertz CT molecular complexity index is 915. The summed E-state index contributed by atoms with van der Waals surface area (Å²) in [6, 6.07) is 8.87. The van der Waals surface area contributed by atoms with Crippen molar-refractivity contribution in [2.24, 2.45) is 0 Å². The van der Waals surface area contributed by atoms with Gasteiger partial charge in [0.25, 0.3) is 0 Å². The lowest BCUT2D eigenvalue weighted by molar-refractivity contribution is 0.206. The van der Waals surface area contributed by atoms with Crippen molar-refractivity contribution < 1.29 is 9.13 Å². The van der Waals surface area contributed by atoms with Crippen molar-refractivity contribution >= 4 is 5.95 Å². The van der Waals surface area contributed by atoms with Crippen LogP contribution in [0.1, 0.15) is 23.7 Å². The first-order valence-electron chi connectivity index (χ1n) is 9.36. The van der Waals surface area contributed by atoms with Gasteiger partial charge in [-0.2, -0.15) is 0 Å². The van der Waals surface area contributed by atoms with Gasteiger partial charge in [0.15, 0.2) is 0 Å². The van der Waals surface area contributed by atoms with E-state index in [0.29, 0.717) is 19.0 Å². The van der Waals surface area contributed by atoms with Crippen molar-refractivity contribution in [1.82, 2.24) is 15.0 Å². The van der Waals surface area contributed by atoms with Crippen LogP contribution in [0.4, 0.5) is 10.3 Å². The molecule has 0 atom stereocenters. The number of aryl methyl sites for hydroxylation is 1. The third-order valence-corrected chi connectivity index (χ3v) is 4.66. The molecule has 0 fully saturated rings. The highest BCUT2D eigenvalue weighted by Crippen LogP contribution is 2.28. The van der Waals surface area contributed by atoms with E-state index in [4.69, 9.17) is 4.74 Å². The molecule has 2 aromatic heterocycles. The van der Waals surface area contributed by atoms with Gasteiger partial charge >= 0.3 is 0 Å². The first kappa shape index (κ1) is 19.9. The molecular weight excluding hydrogens is 355 g/mol. The van der Waals surface area contributed by atoms with Crippen LogP contribution in [-0.4, -0.2) is 42.3 Å². The van der Waals surface area contributed by atoms with Crippen molar-refractivity contribution in [3.05, 3.63) is 71.6 Å². The highest BCUT2D eigenvalue weighted by molar-refractivity contribution is 5.70. The quantitative estimate of drug-likeness (QED) is 0.593. The molecule has 0 N–H and O–H groups in total. The van der Waals surface area contributed by atoms with Gasteiger partial charge in [-0.3, -0.25) is 4.98 Å². The Morgan fingerprint density at radius 1 is 1.07 bits per heavy atom. The van der Waals surface area contributed by atoms with Crippen LogP contribution in [0.3, 0.4) is 0 Å². The summed E-state index contributed by atoms with van der Waals surface area (Å²) in [6.45, 7) is 3.38. The second-order valence-electron chi connectivity index (χ2n) is 6.64. The van der Waals surface area contributed by atoms with E-state index in [0.717, 1.165) is 40.9 Å². The first-order chi connectivity index (χ1) is 13.6. The Morgan fingerprint density at radius 3 is 2.57 bits per heavy atom. The molecule has 0 saturated carbocycles. The van der Waals surface area contributed by atoms with Crippen LogP contribution in [0.2, 0.25) is 0 Å². The highest BCUT2D eigenvalue weighted by atomic mass is 19.1. The molecule has 0 aliphatic heterocycles. The van der Waals surface area contributed by atoms with E-state index in [1.165, 1.54) is 6.07 Å². The molecular formula is C22H25FN4O. The maximum Gasteiger partial charge on any atom is 0.225 e. The van der Waals surface area contributed by atoms with E-state index < -0.39 is 0 Å². The molecule has 0 spiro atoms. The average Bonchev–Trinajstić information content (AvgIpc) is 2.73. The second kappa shape index (κ2) is 9.37. The van der Waals surface area contributed by atoms with Crippen LogP contribution in [-0.2, 0) is 17.6 Å². The van der Waals surface area contributed by atoms with Gasteiger partial charge in [0, 0.05) is 51.3 Å². The first-order valence-corrected chi connectivity index (χ1v) is 9.36. The number of anilines is 1. The maximum absolute atomic E-state index is 13.6. The summed E-state index contributed by atoms with van der Waals surface area (Å²) in [5, 5.41) is 0. The van der Waals surface area contributed by atoms with E-state index in [1.54, 1.807) is 19.4 Å². The van der Waals surface area contributed by atoms with Gasteiger partial charge in [-0.1, -0.05) is 19.1 Å². The van der Waals surface area contributed by atoms with E-state index in [9.17, 15) is 4.39 Å². The molecule has 2 heterocycles. The normalized spacial score (nSPS) is 10.9. The van der Waals surface area contributed by atoms with Crippen molar-refractivity contribution in [2.45, 2.75) is 19.8 Å². The highest BCUT2D eigenvalue weighted by Gasteiger charge is 2.12. The van der Waals surface area contributed by atoms with E-state index >= 15 is 0 Å². The maximum atomic E-state index is 13.6. The fourth-order valence-electron chi connectivity index (χ4n) is 3.10. The molecule has 0 aliphatic carbocycles. The van der Waals surface area contributed by atoms with Gasteiger partial charge in [-0.25, -0.2) is 14.4 Å². The lowest BCUT2D eigenvalue weighted by Crippen LogP contribution is -2.24. The monoisotopic (exact) mass is 380 g/mol. The standard InChI is InChI=1S/C22H25FN4O/c1-4-17-13-18(23)7-8-19(17)20-6-5-9-24-21(20)12-16-14-25-22(26-15-16)27(2)10-11-28-3/h5-9,13-15H,4,10-12H2,1-3H3. The number of aromatic nitrogens is 3. The lowest BCUT2D eigenvalue weighted by atomic mass is 9.95. The number of nitrogens with zero attached hydrogens (tertiary/aromatic N) is 4. The largest absolute Gasteiger partial charge is 0.383 e. The minimum Gasteiger partial charge on any atom is -0.383 e. The topological polar surface area (TPSA) is 51.1 Å². The van der Waals surface area contributed by atoms with Crippen LogP contribution in [0.5, 0.6) is 0 Å². The number of benzene rings is 1. The molecule has 1 aromatic carbocycles. The molecule has 0 radical (unpaired) electrons. The van der Waals surface area contributed by atoms with Gasteiger partial charge in [0.1, 0.15) is 5.82 Å². The molecule has 0 bridgehead atoms. The number of pyridine rings is 1. The minimum atomic E-state index is -0.215. The summed E-state index contributed by atoms with van der Waals surface area (Å²) in [5.74, 6) is 0.446. The van der Waals surface area contributed by atoms with Gasteiger partial charge < -0.3 is 9.64 Å². The summed E-state index contributed by atoms with van der Waals surface area (Å²) >= 11 is 0. The van der Waals surface area contributed by atoms with E-state index in [-0.39, 0.29) is 5.82 Å². The zero-order valence-corrected chi connectivity index (χ0v) is 16.5. The third kappa shape index (κ3) is 4.70. The molecule has 0 aliphatic rings. The fourth-order valence-corrected chi connectivity index (χ4v) is 3.10. The molecule has 3 aromatic rings. The Kier molecular flexibility index (Phi) is 6.66. The van der Waals surface area contributed by atoms with Crippen molar-refractivity contribution in [2.75, 3.05) is 32.2 Å². The molecule has 5 nitrogen and oxygen atoms in total. The van der Waals surface area contributed by atoms with Crippen LogP contribution in [0.25, 0.3) is 11.1 Å². The van der Waals surface area contributed by atoms with Gasteiger partial charge in [-0.15, -0.1) is 0 Å². The number of rotatable bonds is 8. The summed E-state index contributed by atoms with van der Waals surface area (Å²) < 4.78 is 18.7. The molecule has 0 amide bonds. The van der Waals surface area contributed by atoms with E-state index in [1.807, 2.05) is 49.5 Å². The van der Waals surface area contributed by atoms with Crippen LogP contribution in [0.15, 0.2) is 48.9 Å². The predicted molar refractivity (Wildman–Crippen MR) is 109 cm³/mol. The van der Waals surface area contributed by atoms with Gasteiger partial charge in [0.05, 0.1) is 12.3 Å². The number of methoxy groups -OCH3 is 1. The minimum absolute atomic E-state index is 0.215. The van der Waals surface area contributed by atoms with Crippen molar-refractivity contribution in [1.29, 1.82) is 0 Å². The zero-order valence-electron chi connectivity index (χ0n) is 16.5. The van der Waals surface area contributed by atoms with Gasteiger partial charge in [-0.05, 0) is 41.3 Å². The Balaban J connectivity index is 1.85. The molecule has 0 unspecified atom stereocenters. The van der Waals surface area contributed by atoms with Gasteiger partial charge in [0.2, 0.25) is 5.95 Å². The number of halogens is 1. The fraction of sp³-hybridized carbons (Fsp3) is 0.318. The molecule has 28 heavy (non-hydrogen) atoms. The van der Waals surface area contributed by atoms with Crippen molar-refractivity contribution in [3.8, 4) is 11.1 Å². The number of likely N-dealkylation sites (N-methyl/N-ethyl adjacent to an activating group) is 1. The summed E-state index contributed by atoms with van der Waals surface area (Å²) in [6.07, 6.45) is 6.80. The zero-order chi connectivity index (χ0) is 19.9.